The van der Waals surface area contributed by atoms with Crippen molar-refractivity contribution >= 4 is 11.9 Å². The van der Waals surface area contributed by atoms with Gasteiger partial charge in [-0.25, -0.2) is 9.18 Å². The Kier molecular flexibility index (Phi) is 3.88. The van der Waals surface area contributed by atoms with Crippen LogP contribution >= 0.6 is 0 Å². The summed E-state index contributed by atoms with van der Waals surface area (Å²) in [4.78, 5) is 24.2. The molecule has 16 heavy (non-hydrogen) atoms. The zero-order chi connectivity index (χ0) is 12.3. The molecule has 0 N–H and O–H groups in total. The van der Waals surface area contributed by atoms with Crippen molar-refractivity contribution < 1.29 is 18.7 Å². The number of alkyl halides is 1. The summed E-state index contributed by atoms with van der Waals surface area (Å²) >= 11 is 0. The molecule has 0 spiro atoms. The molecular formula is C11H18FNO3. The first-order valence-corrected chi connectivity index (χ1v) is 5.40. The number of Topliss-reactive ketones (excluding diaryl/α,β-unsaturated/α-hetero) is 1. The average Bonchev–Trinajstić information content (AvgIpc) is 2.62. The van der Waals surface area contributed by atoms with Crippen LogP contribution in [-0.4, -0.2) is 42.1 Å². The second kappa shape index (κ2) is 4.80. The van der Waals surface area contributed by atoms with E-state index in [1.54, 1.807) is 20.8 Å². The molecule has 1 aliphatic rings. The number of nitrogens with zero attached hydrogens (tertiary/aromatic N) is 1. The minimum atomic E-state index is -0.952. The van der Waals surface area contributed by atoms with E-state index in [-0.39, 0.29) is 12.5 Å². The summed E-state index contributed by atoms with van der Waals surface area (Å²) in [5.74, 6) is -0.788. The molecule has 1 aliphatic heterocycles. The van der Waals surface area contributed by atoms with Crippen molar-refractivity contribution in [2.24, 2.45) is 5.92 Å². The lowest BCUT2D eigenvalue weighted by Crippen LogP contribution is -2.36. The van der Waals surface area contributed by atoms with Crippen LogP contribution in [0.1, 0.15) is 27.2 Å². The number of likely N-dealkylation sites (tertiary alicyclic amines) is 1. The Morgan fingerprint density at radius 2 is 2.06 bits per heavy atom. The Morgan fingerprint density at radius 3 is 2.56 bits per heavy atom. The van der Waals surface area contributed by atoms with Gasteiger partial charge in [0.1, 0.15) is 12.3 Å². The molecule has 1 heterocycles. The van der Waals surface area contributed by atoms with Gasteiger partial charge in [-0.2, -0.15) is 0 Å². The number of ether oxygens (including phenoxy) is 1. The number of amides is 1. The largest absolute Gasteiger partial charge is 0.444 e. The third-order valence-electron chi connectivity index (χ3n) is 2.43. The second-order valence-corrected chi connectivity index (χ2v) is 5.01. The standard InChI is InChI=1S/C11H18FNO3/c1-11(2,3)16-10(15)13-5-4-8(7-13)9(14)6-12/h8H,4-7H2,1-3H3/t8-/m1/s1. The van der Waals surface area contributed by atoms with Crippen molar-refractivity contribution in [3.8, 4) is 0 Å². The van der Waals surface area contributed by atoms with E-state index in [2.05, 4.69) is 0 Å². The number of rotatable bonds is 2. The van der Waals surface area contributed by atoms with Gasteiger partial charge in [-0.1, -0.05) is 0 Å². The van der Waals surface area contributed by atoms with Crippen LogP contribution in [-0.2, 0) is 9.53 Å². The van der Waals surface area contributed by atoms with Crippen LogP contribution < -0.4 is 0 Å². The summed E-state index contributed by atoms with van der Waals surface area (Å²) < 4.78 is 17.3. The fourth-order valence-electron chi connectivity index (χ4n) is 1.62. The predicted octanol–water partition coefficient (Wildman–Crippen LogP) is 1.78. The van der Waals surface area contributed by atoms with Gasteiger partial charge in [0.25, 0.3) is 0 Å². The fraction of sp³-hybridized carbons (Fsp3) is 0.818. The van der Waals surface area contributed by atoms with Crippen LogP contribution in [0, 0.1) is 5.92 Å². The van der Waals surface area contributed by atoms with Crippen molar-refractivity contribution in [1.82, 2.24) is 4.90 Å². The smallest absolute Gasteiger partial charge is 0.410 e. The van der Waals surface area contributed by atoms with E-state index >= 15 is 0 Å². The fourth-order valence-corrected chi connectivity index (χ4v) is 1.62. The van der Waals surface area contributed by atoms with Gasteiger partial charge in [-0.05, 0) is 27.2 Å². The van der Waals surface area contributed by atoms with Gasteiger partial charge in [0, 0.05) is 19.0 Å². The van der Waals surface area contributed by atoms with E-state index in [0.29, 0.717) is 13.0 Å². The lowest BCUT2D eigenvalue weighted by molar-refractivity contribution is -0.123. The maximum Gasteiger partial charge on any atom is 0.410 e. The SMILES string of the molecule is CC(C)(C)OC(=O)N1CC[C@@H](C(=O)CF)C1. The molecular weight excluding hydrogens is 213 g/mol. The van der Waals surface area contributed by atoms with Gasteiger partial charge in [0.2, 0.25) is 0 Å². The third kappa shape index (κ3) is 3.47. The molecule has 0 aliphatic carbocycles. The number of hydrogen-bond acceptors (Lipinski definition) is 3. The van der Waals surface area contributed by atoms with Crippen LogP contribution in [0.3, 0.4) is 0 Å². The summed E-state index contributed by atoms with van der Waals surface area (Å²) in [6.45, 7) is 5.14. The van der Waals surface area contributed by atoms with Gasteiger partial charge in [0.05, 0.1) is 0 Å². The van der Waals surface area contributed by atoms with Crippen molar-refractivity contribution in [3.05, 3.63) is 0 Å². The molecule has 0 aromatic rings. The summed E-state index contributed by atoms with van der Waals surface area (Å²) in [7, 11) is 0. The second-order valence-electron chi connectivity index (χ2n) is 5.01. The van der Waals surface area contributed by atoms with E-state index in [1.807, 2.05) is 0 Å². The van der Waals surface area contributed by atoms with Crippen molar-refractivity contribution in [2.45, 2.75) is 32.8 Å². The molecule has 1 saturated heterocycles. The van der Waals surface area contributed by atoms with Gasteiger partial charge in [0.15, 0.2) is 5.78 Å². The Hall–Kier alpha value is -1.13. The van der Waals surface area contributed by atoms with Crippen LogP contribution in [0.5, 0.6) is 0 Å². The van der Waals surface area contributed by atoms with Crippen LogP contribution in [0.15, 0.2) is 0 Å². The molecule has 92 valence electrons. The highest BCUT2D eigenvalue weighted by Gasteiger charge is 2.32. The topological polar surface area (TPSA) is 46.6 Å². The molecule has 1 atom stereocenters. The van der Waals surface area contributed by atoms with Crippen molar-refractivity contribution in [3.63, 3.8) is 0 Å². The maximum atomic E-state index is 12.2. The first-order chi connectivity index (χ1) is 7.33. The molecule has 5 heteroatoms. The first kappa shape index (κ1) is 12.9. The minimum Gasteiger partial charge on any atom is -0.444 e. The van der Waals surface area contributed by atoms with E-state index in [0.717, 1.165) is 0 Å². The van der Waals surface area contributed by atoms with Crippen LogP contribution in [0.2, 0.25) is 0 Å². The van der Waals surface area contributed by atoms with Gasteiger partial charge in [-0.3, -0.25) is 4.79 Å². The maximum absolute atomic E-state index is 12.2. The van der Waals surface area contributed by atoms with Crippen LogP contribution in [0.4, 0.5) is 9.18 Å². The monoisotopic (exact) mass is 231 g/mol. The number of carbonyl (C=O) groups excluding carboxylic acids is 2. The van der Waals surface area contributed by atoms with E-state index in [1.165, 1.54) is 4.90 Å². The molecule has 1 rings (SSSR count). The first-order valence-electron chi connectivity index (χ1n) is 5.40. The zero-order valence-electron chi connectivity index (χ0n) is 9.96. The van der Waals surface area contributed by atoms with Gasteiger partial charge >= 0.3 is 6.09 Å². The van der Waals surface area contributed by atoms with Crippen LogP contribution in [0.25, 0.3) is 0 Å². The molecule has 1 amide bonds. The molecule has 0 unspecified atom stereocenters. The number of carbonyl (C=O) groups is 2. The summed E-state index contributed by atoms with van der Waals surface area (Å²) in [6.07, 6.45) is 0.101. The normalized spacial score (nSPS) is 21.0. The Balaban J connectivity index is 2.47. The average molecular weight is 231 g/mol. The Morgan fingerprint density at radius 1 is 1.44 bits per heavy atom. The molecule has 0 saturated carbocycles. The molecule has 0 aromatic heterocycles. The molecule has 0 bridgehead atoms. The number of hydrogen-bond donors (Lipinski definition) is 0. The summed E-state index contributed by atoms with van der Waals surface area (Å²) in [6, 6.07) is 0. The zero-order valence-corrected chi connectivity index (χ0v) is 9.96. The lowest BCUT2D eigenvalue weighted by Gasteiger charge is -2.24. The molecule has 0 aromatic carbocycles. The van der Waals surface area contributed by atoms with Crippen molar-refractivity contribution in [1.29, 1.82) is 0 Å². The highest BCUT2D eigenvalue weighted by molar-refractivity contribution is 5.83. The van der Waals surface area contributed by atoms with E-state index < -0.39 is 24.2 Å². The highest BCUT2D eigenvalue weighted by Crippen LogP contribution is 2.20. The predicted molar refractivity (Wildman–Crippen MR) is 56.9 cm³/mol. The third-order valence-corrected chi connectivity index (χ3v) is 2.43. The Labute approximate surface area is 94.7 Å². The molecule has 1 fully saturated rings. The van der Waals surface area contributed by atoms with E-state index in [9.17, 15) is 14.0 Å². The number of ketones is 1. The lowest BCUT2D eigenvalue weighted by atomic mass is 10.1. The van der Waals surface area contributed by atoms with Gasteiger partial charge in [-0.15, -0.1) is 0 Å². The Bertz CT molecular complexity index is 285. The molecule has 4 nitrogen and oxygen atoms in total. The van der Waals surface area contributed by atoms with Gasteiger partial charge < -0.3 is 9.64 Å². The number of halogens is 1. The summed E-state index contributed by atoms with van der Waals surface area (Å²) in [5, 5.41) is 0. The molecule has 0 radical (unpaired) electrons. The summed E-state index contributed by atoms with van der Waals surface area (Å²) in [5.41, 5.74) is -0.542. The highest BCUT2D eigenvalue weighted by atomic mass is 19.1. The quantitative estimate of drug-likeness (QED) is 0.727. The van der Waals surface area contributed by atoms with Crippen molar-refractivity contribution in [2.75, 3.05) is 19.8 Å². The minimum absolute atomic E-state index is 0.275. The van der Waals surface area contributed by atoms with E-state index in [4.69, 9.17) is 4.74 Å².